The molecule has 0 spiro atoms. The van der Waals surface area contributed by atoms with Gasteiger partial charge in [0.15, 0.2) is 6.29 Å². The highest BCUT2D eigenvalue weighted by Crippen LogP contribution is 2.43. The van der Waals surface area contributed by atoms with Gasteiger partial charge in [0.2, 0.25) is 14.2 Å². The molecule has 1 heterocycles. The van der Waals surface area contributed by atoms with Crippen molar-refractivity contribution in [1.29, 1.82) is 0 Å². The number of hydrogen-bond acceptors (Lipinski definition) is 3. The maximum Gasteiger partial charge on any atom is 0.222 e. The van der Waals surface area contributed by atoms with Crippen LogP contribution in [0.15, 0.2) is 30.3 Å². The fourth-order valence-corrected chi connectivity index (χ4v) is 10.0. The van der Waals surface area contributed by atoms with Crippen molar-refractivity contribution in [3.05, 3.63) is 35.9 Å². The summed E-state index contributed by atoms with van der Waals surface area (Å²) in [6.07, 6.45) is 1.21. The van der Waals surface area contributed by atoms with E-state index in [2.05, 4.69) is 53.7 Å². The minimum atomic E-state index is -2.09. The van der Waals surface area contributed by atoms with Gasteiger partial charge in [-0.05, 0) is 28.6 Å². The Balaban J connectivity index is 2.19. The number of rotatable bonds is 10. The molecule has 0 radical (unpaired) electrons. The SMILES string of the molecule is CC(C)[Si](O[C@H](CN1CCCC1=O)OCc1ccccc1)(C(C)C)C(C)C. The van der Waals surface area contributed by atoms with Gasteiger partial charge < -0.3 is 14.1 Å². The second kappa shape index (κ2) is 9.85. The average molecular weight is 392 g/mol. The van der Waals surface area contributed by atoms with Gasteiger partial charge in [0, 0.05) is 13.0 Å². The summed E-state index contributed by atoms with van der Waals surface area (Å²) in [6, 6.07) is 10.2. The summed E-state index contributed by atoms with van der Waals surface area (Å²) in [5.74, 6) is 0.220. The summed E-state index contributed by atoms with van der Waals surface area (Å²) in [7, 11) is -2.09. The number of amides is 1. The third kappa shape index (κ3) is 5.43. The monoisotopic (exact) mass is 391 g/mol. The highest BCUT2D eigenvalue weighted by atomic mass is 28.4. The zero-order chi connectivity index (χ0) is 20.0. The molecule has 1 fully saturated rings. The van der Waals surface area contributed by atoms with Crippen molar-refractivity contribution in [2.45, 2.75) is 83.9 Å². The zero-order valence-corrected chi connectivity index (χ0v) is 18.9. The van der Waals surface area contributed by atoms with Crippen LogP contribution >= 0.6 is 0 Å². The molecular weight excluding hydrogens is 354 g/mol. The minimum Gasteiger partial charge on any atom is -0.390 e. The van der Waals surface area contributed by atoms with E-state index in [4.69, 9.17) is 9.16 Å². The van der Waals surface area contributed by atoms with E-state index in [-0.39, 0.29) is 12.2 Å². The highest BCUT2D eigenvalue weighted by Gasteiger charge is 2.47. The molecule has 2 rings (SSSR count). The largest absolute Gasteiger partial charge is 0.390 e. The number of benzene rings is 1. The molecule has 1 aromatic rings. The summed E-state index contributed by atoms with van der Waals surface area (Å²) in [5, 5.41) is 0. The van der Waals surface area contributed by atoms with Crippen LogP contribution in [0.2, 0.25) is 16.6 Å². The fraction of sp³-hybridized carbons (Fsp3) is 0.682. The van der Waals surface area contributed by atoms with Crippen LogP contribution in [0.5, 0.6) is 0 Å². The lowest BCUT2D eigenvalue weighted by atomic mass is 10.2. The summed E-state index contributed by atoms with van der Waals surface area (Å²) in [5.41, 5.74) is 2.57. The Morgan fingerprint density at radius 2 is 1.59 bits per heavy atom. The van der Waals surface area contributed by atoms with Crippen molar-refractivity contribution in [2.24, 2.45) is 0 Å². The van der Waals surface area contributed by atoms with Gasteiger partial charge in [0.25, 0.3) is 0 Å². The van der Waals surface area contributed by atoms with Crippen molar-refractivity contribution in [3.63, 3.8) is 0 Å². The summed E-state index contributed by atoms with van der Waals surface area (Å²) >= 11 is 0. The van der Waals surface area contributed by atoms with Crippen molar-refractivity contribution in [2.75, 3.05) is 13.1 Å². The zero-order valence-electron chi connectivity index (χ0n) is 17.9. The third-order valence-corrected chi connectivity index (χ3v) is 11.9. The van der Waals surface area contributed by atoms with Gasteiger partial charge in [0.1, 0.15) is 0 Å². The van der Waals surface area contributed by atoms with Crippen LogP contribution in [-0.4, -0.2) is 38.5 Å². The van der Waals surface area contributed by atoms with Crippen LogP contribution in [0.3, 0.4) is 0 Å². The van der Waals surface area contributed by atoms with Gasteiger partial charge in [-0.25, -0.2) is 0 Å². The molecule has 0 aliphatic carbocycles. The Labute approximate surface area is 166 Å². The number of likely N-dealkylation sites (tertiary alicyclic amines) is 1. The van der Waals surface area contributed by atoms with Crippen molar-refractivity contribution in [1.82, 2.24) is 4.90 Å². The van der Waals surface area contributed by atoms with Crippen LogP contribution in [0.4, 0.5) is 0 Å². The molecule has 1 saturated heterocycles. The standard InChI is InChI=1S/C22H37NO3Si/c1-17(2)27(18(3)4,19(5)6)26-22(15-23-14-10-13-21(23)24)25-16-20-11-8-7-9-12-20/h7-9,11-12,17-19,22H,10,13-16H2,1-6H3/t22-/m1/s1. The molecule has 27 heavy (non-hydrogen) atoms. The van der Waals surface area contributed by atoms with Crippen molar-refractivity contribution >= 4 is 14.2 Å². The Hall–Kier alpha value is -1.17. The lowest BCUT2D eigenvalue weighted by Gasteiger charge is -2.44. The maximum absolute atomic E-state index is 12.2. The Morgan fingerprint density at radius 1 is 1.00 bits per heavy atom. The molecule has 0 N–H and O–H groups in total. The van der Waals surface area contributed by atoms with E-state index < -0.39 is 8.32 Å². The molecule has 0 unspecified atom stereocenters. The molecule has 5 heteroatoms. The average Bonchev–Trinajstić information content (AvgIpc) is 3.01. The van der Waals surface area contributed by atoms with Crippen molar-refractivity contribution in [3.8, 4) is 0 Å². The van der Waals surface area contributed by atoms with Gasteiger partial charge in [-0.15, -0.1) is 0 Å². The summed E-state index contributed by atoms with van der Waals surface area (Å²) in [6.45, 7) is 15.5. The second-order valence-corrected chi connectivity index (χ2v) is 14.0. The third-order valence-electron chi connectivity index (χ3n) is 5.86. The lowest BCUT2D eigenvalue weighted by Crippen LogP contribution is -2.52. The lowest BCUT2D eigenvalue weighted by molar-refractivity contribution is -0.140. The molecule has 0 aromatic heterocycles. The van der Waals surface area contributed by atoms with E-state index in [1.807, 2.05) is 23.1 Å². The molecule has 0 bridgehead atoms. The van der Waals surface area contributed by atoms with Gasteiger partial charge in [-0.3, -0.25) is 4.79 Å². The smallest absolute Gasteiger partial charge is 0.222 e. The Morgan fingerprint density at radius 3 is 2.07 bits per heavy atom. The molecule has 1 aliphatic heterocycles. The molecular formula is C22H37NO3Si. The van der Waals surface area contributed by atoms with Crippen LogP contribution in [0.1, 0.15) is 59.9 Å². The predicted molar refractivity (Wildman–Crippen MR) is 113 cm³/mol. The first-order valence-electron chi connectivity index (χ1n) is 10.4. The van der Waals surface area contributed by atoms with Gasteiger partial charge >= 0.3 is 0 Å². The first-order chi connectivity index (χ1) is 12.8. The molecule has 0 saturated carbocycles. The molecule has 1 amide bonds. The summed E-state index contributed by atoms with van der Waals surface area (Å²) in [4.78, 5) is 14.1. The Kier molecular flexibility index (Phi) is 8.07. The normalized spacial score (nSPS) is 16.8. The van der Waals surface area contributed by atoms with Crippen molar-refractivity contribution < 1.29 is 14.0 Å². The van der Waals surface area contributed by atoms with Gasteiger partial charge in [-0.2, -0.15) is 0 Å². The number of nitrogens with zero attached hydrogens (tertiary/aromatic N) is 1. The van der Waals surface area contributed by atoms with Gasteiger partial charge in [-0.1, -0.05) is 71.9 Å². The number of ether oxygens (including phenoxy) is 1. The molecule has 152 valence electrons. The maximum atomic E-state index is 12.2. The van der Waals surface area contributed by atoms with Crippen LogP contribution in [0.25, 0.3) is 0 Å². The molecule has 1 atom stereocenters. The number of carbonyl (C=O) groups is 1. The predicted octanol–water partition coefficient (Wildman–Crippen LogP) is 5.34. The highest BCUT2D eigenvalue weighted by molar-refractivity contribution is 6.77. The minimum absolute atomic E-state index is 0.220. The van der Waals surface area contributed by atoms with Crippen LogP contribution in [-0.2, 0) is 20.6 Å². The molecule has 1 aromatic carbocycles. The van der Waals surface area contributed by atoms with E-state index in [1.54, 1.807) is 0 Å². The van der Waals surface area contributed by atoms with Crippen LogP contribution < -0.4 is 0 Å². The van der Waals surface area contributed by atoms with Crippen LogP contribution in [0, 0.1) is 0 Å². The van der Waals surface area contributed by atoms with E-state index in [1.165, 1.54) is 0 Å². The molecule has 1 aliphatic rings. The van der Waals surface area contributed by atoms with E-state index in [0.717, 1.165) is 18.5 Å². The first-order valence-corrected chi connectivity index (χ1v) is 12.5. The first kappa shape index (κ1) is 22.1. The number of carbonyl (C=O) groups excluding carboxylic acids is 1. The van der Waals surface area contributed by atoms with E-state index in [0.29, 0.717) is 36.2 Å². The van der Waals surface area contributed by atoms with E-state index >= 15 is 0 Å². The number of hydrogen-bond donors (Lipinski definition) is 0. The quantitative estimate of drug-likeness (QED) is 0.399. The Bertz CT molecular complexity index is 567. The fourth-order valence-electron chi connectivity index (χ4n) is 4.60. The second-order valence-electron chi connectivity index (χ2n) is 8.60. The molecule has 4 nitrogen and oxygen atoms in total. The van der Waals surface area contributed by atoms with E-state index in [9.17, 15) is 4.79 Å². The topological polar surface area (TPSA) is 38.8 Å². The van der Waals surface area contributed by atoms with Gasteiger partial charge in [0.05, 0.1) is 13.2 Å². The summed E-state index contributed by atoms with van der Waals surface area (Å²) < 4.78 is 13.1.